The molecule has 1 saturated carbocycles. The number of aryl methyl sites for hydroxylation is 2. The van der Waals surface area contributed by atoms with Crippen LogP contribution in [0.4, 0.5) is 4.79 Å². The molecule has 0 saturated heterocycles. The molecule has 3 N–H and O–H groups in total. The van der Waals surface area contributed by atoms with Crippen molar-refractivity contribution in [3.8, 4) is 0 Å². The molecule has 116 valence electrons. The Hall–Kier alpha value is -2.05. The zero-order valence-corrected chi connectivity index (χ0v) is 12.4. The number of urea groups is 1. The molecule has 0 aliphatic heterocycles. The van der Waals surface area contributed by atoms with Gasteiger partial charge in [-0.2, -0.15) is 0 Å². The highest BCUT2D eigenvalue weighted by Gasteiger charge is 2.37. The van der Waals surface area contributed by atoms with Crippen molar-refractivity contribution in [2.24, 2.45) is 0 Å². The van der Waals surface area contributed by atoms with E-state index in [1.165, 1.54) is 0 Å². The van der Waals surface area contributed by atoms with Gasteiger partial charge in [-0.15, -0.1) is 0 Å². The van der Waals surface area contributed by atoms with Crippen molar-refractivity contribution in [2.45, 2.75) is 58.0 Å². The Morgan fingerprint density at radius 3 is 2.52 bits per heavy atom. The van der Waals surface area contributed by atoms with Gasteiger partial charge in [0.15, 0.2) is 0 Å². The third-order valence-electron chi connectivity index (χ3n) is 4.04. The van der Waals surface area contributed by atoms with Crippen LogP contribution in [0, 0.1) is 13.8 Å². The van der Waals surface area contributed by atoms with Crippen molar-refractivity contribution >= 4 is 12.0 Å². The molecule has 2 rings (SSSR count). The first-order valence-corrected chi connectivity index (χ1v) is 7.11. The fourth-order valence-electron chi connectivity index (χ4n) is 2.90. The van der Waals surface area contributed by atoms with E-state index in [0.29, 0.717) is 25.1 Å². The molecule has 1 aliphatic rings. The first kappa shape index (κ1) is 15.3. The number of amides is 2. The minimum absolute atomic E-state index is 0.0360. The van der Waals surface area contributed by atoms with E-state index in [2.05, 4.69) is 15.8 Å². The van der Waals surface area contributed by atoms with Gasteiger partial charge in [0.25, 0.3) is 0 Å². The van der Waals surface area contributed by atoms with E-state index in [1.807, 2.05) is 6.92 Å². The van der Waals surface area contributed by atoms with Gasteiger partial charge in [-0.3, -0.25) is 4.79 Å². The molecule has 1 aliphatic carbocycles. The molecular formula is C14H21N3O4. The topological polar surface area (TPSA) is 104 Å². The molecule has 1 heterocycles. The number of hydrogen-bond donors (Lipinski definition) is 3. The van der Waals surface area contributed by atoms with E-state index in [0.717, 1.165) is 24.1 Å². The molecule has 2 amide bonds. The highest BCUT2D eigenvalue weighted by molar-refractivity contribution is 5.76. The lowest BCUT2D eigenvalue weighted by Crippen LogP contribution is -2.51. The molecule has 0 radical (unpaired) electrons. The van der Waals surface area contributed by atoms with Gasteiger partial charge in [0.2, 0.25) is 0 Å². The summed E-state index contributed by atoms with van der Waals surface area (Å²) >= 11 is 0. The van der Waals surface area contributed by atoms with E-state index >= 15 is 0 Å². The third-order valence-corrected chi connectivity index (χ3v) is 4.04. The lowest BCUT2D eigenvalue weighted by atomic mass is 9.93. The van der Waals surface area contributed by atoms with Crippen molar-refractivity contribution in [3.05, 3.63) is 17.0 Å². The Kier molecular flexibility index (Phi) is 4.50. The van der Waals surface area contributed by atoms with Gasteiger partial charge >= 0.3 is 12.0 Å². The molecule has 0 unspecified atom stereocenters. The van der Waals surface area contributed by atoms with Crippen LogP contribution in [0.5, 0.6) is 0 Å². The van der Waals surface area contributed by atoms with Gasteiger partial charge in [0.05, 0.1) is 17.7 Å². The fraction of sp³-hybridized carbons (Fsp3) is 0.643. The molecule has 0 atom stereocenters. The van der Waals surface area contributed by atoms with Crippen LogP contribution < -0.4 is 10.6 Å². The largest absolute Gasteiger partial charge is 0.481 e. The molecule has 0 spiro atoms. The maximum Gasteiger partial charge on any atom is 0.315 e. The number of aliphatic carboxylic acids is 1. The first-order chi connectivity index (χ1) is 9.92. The van der Waals surface area contributed by atoms with Gasteiger partial charge in [-0.25, -0.2) is 4.79 Å². The van der Waals surface area contributed by atoms with Crippen molar-refractivity contribution in [2.75, 3.05) is 0 Å². The molecule has 7 nitrogen and oxygen atoms in total. The van der Waals surface area contributed by atoms with E-state index < -0.39 is 11.5 Å². The van der Waals surface area contributed by atoms with Gasteiger partial charge in [-0.05, 0) is 26.7 Å². The summed E-state index contributed by atoms with van der Waals surface area (Å²) in [6, 6.07) is -0.349. The average Bonchev–Trinajstić information content (AvgIpc) is 2.95. The molecular weight excluding hydrogens is 274 g/mol. The molecule has 7 heteroatoms. The molecule has 1 aromatic heterocycles. The highest BCUT2D eigenvalue weighted by atomic mass is 16.5. The molecule has 21 heavy (non-hydrogen) atoms. The average molecular weight is 295 g/mol. The van der Waals surface area contributed by atoms with Crippen molar-refractivity contribution in [1.29, 1.82) is 0 Å². The molecule has 0 bridgehead atoms. The summed E-state index contributed by atoms with van der Waals surface area (Å²) in [5, 5.41) is 18.4. The minimum atomic E-state index is -0.886. The van der Waals surface area contributed by atoms with Crippen LogP contribution in [0.25, 0.3) is 0 Å². The summed E-state index contributed by atoms with van der Waals surface area (Å²) in [6.45, 7) is 3.92. The Morgan fingerprint density at radius 1 is 1.33 bits per heavy atom. The third kappa shape index (κ3) is 3.74. The lowest BCUT2D eigenvalue weighted by molar-refractivity contribution is -0.138. The van der Waals surface area contributed by atoms with E-state index in [4.69, 9.17) is 9.63 Å². The number of rotatable bonds is 5. The normalized spacial score (nSPS) is 16.7. The predicted molar refractivity (Wildman–Crippen MR) is 74.8 cm³/mol. The smallest absolute Gasteiger partial charge is 0.315 e. The number of carboxylic acid groups (broad SMARTS) is 1. The number of nitrogens with one attached hydrogen (secondary N) is 2. The van der Waals surface area contributed by atoms with Crippen LogP contribution in [-0.4, -0.2) is 27.8 Å². The van der Waals surface area contributed by atoms with Gasteiger partial charge in [0.1, 0.15) is 5.76 Å². The Bertz CT molecular complexity index is 513. The molecule has 1 aromatic rings. The monoisotopic (exact) mass is 295 g/mol. The second-order valence-electron chi connectivity index (χ2n) is 5.67. The van der Waals surface area contributed by atoms with Crippen LogP contribution in [0.1, 0.15) is 49.1 Å². The number of carbonyl (C=O) groups is 2. The Labute approximate surface area is 123 Å². The number of carbonyl (C=O) groups excluding carboxylic acids is 1. The Morgan fingerprint density at radius 2 is 2.00 bits per heavy atom. The standard InChI is InChI=1S/C14H21N3O4/c1-9-11(10(2)21-17-9)8-15-13(20)16-14(7-12(18)19)5-3-4-6-14/h3-8H2,1-2H3,(H,18,19)(H2,15,16,20). The molecule has 0 aromatic carbocycles. The van der Waals surface area contributed by atoms with Gasteiger partial charge in [-0.1, -0.05) is 18.0 Å². The SMILES string of the molecule is Cc1noc(C)c1CNC(=O)NC1(CC(=O)O)CCCC1. The van der Waals surface area contributed by atoms with Crippen molar-refractivity contribution in [1.82, 2.24) is 15.8 Å². The first-order valence-electron chi connectivity index (χ1n) is 7.11. The highest BCUT2D eigenvalue weighted by Crippen LogP contribution is 2.32. The van der Waals surface area contributed by atoms with E-state index in [-0.39, 0.29) is 12.5 Å². The Balaban J connectivity index is 1.92. The lowest BCUT2D eigenvalue weighted by Gasteiger charge is -2.28. The van der Waals surface area contributed by atoms with Gasteiger partial charge < -0.3 is 20.3 Å². The van der Waals surface area contributed by atoms with Crippen LogP contribution in [0.15, 0.2) is 4.52 Å². The second-order valence-corrected chi connectivity index (χ2v) is 5.67. The second kappa shape index (κ2) is 6.15. The minimum Gasteiger partial charge on any atom is -0.481 e. The van der Waals surface area contributed by atoms with Crippen molar-refractivity contribution < 1.29 is 19.2 Å². The maximum absolute atomic E-state index is 12.0. The summed E-state index contributed by atoms with van der Waals surface area (Å²) < 4.78 is 5.03. The summed E-state index contributed by atoms with van der Waals surface area (Å²) in [6.07, 6.45) is 3.26. The number of carboxylic acids is 1. The van der Waals surface area contributed by atoms with Crippen LogP contribution in [0.3, 0.4) is 0 Å². The summed E-state index contributed by atoms with van der Waals surface area (Å²) in [7, 11) is 0. The zero-order valence-electron chi connectivity index (χ0n) is 12.4. The van der Waals surface area contributed by atoms with Crippen LogP contribution >= 0.6 is 0 Å². The molecule has 1 fully saturated rings. The quantitative estimate of drug-likeness (QED) is 0.769. The zero-order chi connectivity index (χ0) is 15.5. The van der Waals surface area contributed by atoms with Crippen LogP contribution in [-0.2, 0) is 11.3 Å². The fourth-order valence-corrected chi connectivity index (χ4v) is 2.90. The summed E-state index contributed by atoms with van der Waals surface area (Å²) in [5.41, 5.74) is 0.979. The number of hydrogen-bond acceptors (Lipinski definition) is 4. The van der Waals surface area contributed by atoms with E-state index in [9.17, 15) is 9.59 Å². The van der Waals surface area contributed by atoms with Crippen LogP contribution in [0.2, 0.25) is 0 Å². The summed E-state index contributed by atoms with van der Waals surface area (Å²) in [5.74, 6) is -0.211. The number of nitrogens with zero attached hydrogens (tertiary/aromatic N) is 1. The van der Waals surface area contributed by atoms with Gasteiger partial charge in [0, 0.05) is 12.1 Å². The maximum atomic E-state index is 12.0. The summed E-state index contributed by atoms with van der Waals surface area (Å²) in [4.78, 5) is 23.0. The van der Waals surface area contributed by atoms with E-state index in [1.54, 1.807) is 6.92 Å². The number of aromatic nitrogens is 1. The predicted octanol–water partition coefficient (Wildman–Crippen LogP) is 1.88. The van der Waals surface area contributed by atoms with Crippen molar-refractivity contribution in [3.63, 3.8) is 0 Å².